The van der Waals surface area contributed by atoms with Gasteiger partial charge in [0, 0.05) is 17.8 Å². The molecule has 2 saturated heterocycles. The molecule has 7 nitrogen and oxygen atoms in total. The average Bonchev–Trinajstić information content (AvgIpc) is 3.36. The van der Waals surface area contributed by atoms with Crippen molar-refractivity contribution in [1.82, 2.24) is 20.1 Å². The first-order valence-corrected chi connectivity index (χ1v) is 10.6. The van der Waals surface area contributed by atoms with Gasteiger partial charge >= 0.3 is 0 Å². The summed E-state index contributed by atoms with van der Waals surface area (Å²) >= 11 is 0. The molecule has 2 amide bonds. The zero-order valence-corrected chi connectivity index (χ0v) is 17.0. The summed E-state index contributed by atoms with van der Waals surface area (Å²) < 4.78 is 5.36. The van der Waals surface area contributed by atoms with Crippen molar-refractivity contribution in [2.75, 3.05) is 13.1 Å². The van der Waals surface area contributed by atoms with E-state index in [-0.39, 0.29) is 11.8 Å². The van der Waals surface area contributed by atoms with Gasteiger partial charge in [0.05, 0.1) is 12.7 Å². The van der Waals surface area contributed by atoms with Crippen LogP contribution in [0, 0.1) is 0 Å². The van der Waals surface area contributed by atoms with Gasteiger partial charge in [0.1, 0.15) is 12.3 Å². The highest BCUT2D eigenvalue weighted by Crippen LogP contribution is 2.34. The fraction of sp³-hybridized carbons (Fsp3) is 0.435. The van der Waals surface area contributed by atoms with Gasteiger partial charge in [-0.15, -0.1) is 0 Å². The zero-order chi connectivity index (χ0) is 20.7. The van der Waals surface area contributed by atoms with Gasteiger partial charge in [-0.3, -0.25) is 14.5 Å². The Kier molecular flexibility index (Phi) is 4.90. The van der Waals surface area contributed by atoms with E-state index in [9.17, 15) is 9.59 Å². The molecule has 2 aromatic rings. The van der Waals surface area contributed by atoms with Crippen LogP contribution in [-0.2, 0) is 17.9 Å². The highest BCUT2D eigenvalue weighted by Gasteiger charge is 2.38. The summed E-state index contributed by atoms with van der Waals surface area (Å²) in [5, 5.41) is 2.79. The lowest BCUT2D eigenvalue weighted by molar-refractivity contribution is -0.126. The van der Waals surface area contributed by atoms with Gasteiger partial charge in [0.15, 0.2) is 0 Å². The van der Waals surface area contributed by atoms with E-state index < -0.39 is 6.04 Å². The largest absolute Gasteiger partial charge is 0.448 e. The Bertz CT molecular complexity index is 976. The summed E-state index contributed by atoms with van der Waals surface area (Å²) in [5.74, 6) is 1.09. The molecule has 1 atom stereocenters. The molecule has 3 aliphatic heterocycles. The second kappa shape index (κ2) is 7.72. The molecule has 7 heteroatoms. The monoisotopic (exact) mass is 406 g/mol. The van der Waals surface area contributed by atoms with Crippen LogP contribution in [0.1, 0.15) is 59.0 Å². The number of fused-ring (bicyclic) bond motifs is 1. The molecule has 2 fully saturated rings. The Hall–Kier alpha value is -2.93. The van der Waals surface area contributed by atoms with Gasteiger partial charge < -0.3 is 14.6 Å². The molecule has 0 saturated carbocycles. The van der Waals surface area contributed by atoms with Crippen LogP contribution in [0.25, 0.3) is 0 Å². The van der Waals surface area contributed by atoms with Gasteiger partial charge in [-0.2, -0.15) is 0 Å². The number of hydrogen-bond acceptors (Lipinski definition) is 5. The van der Waals surface area contributed by atoms with Crippen molar-refractivity contribution >= 4 is 11.8 Å². The van der Waals surface area contributed by atoms with E-state index in [0.29, 0.717) is 25.3 Å². The van der Waals surface area contributed by atoms with E-state index in [1.807, 2.05) is 6.07 Å². The molecule has 1 aromatic heterocycles. The van der Waals surface area contributed by atoms with Crippen LogP contribution in [0.2, 0.25) is 0 Å². The fourth-order valence-corrected chi connectivity index (χ4v) is 4.88. The molecule has 4 heterocycles. The zero-order valence-electron chi connectivity index (χ0n) is 17.0. The maximum Gasteiger partial charge on any atom is 0.255 e. The highest BCUT2D eigenvalue weighted by atomic mass is 16.3. The van der Waals surface area contributed by atoms with E-state index in [1.54, 1.807) is 17.4 Å². The van der Waals surface area contributed by atoms with Gasteiger partial charge in [-0.1, -0.05) is 18.7 Å². The number of amides is 2. The molecule has 1 N–H and O–H groups in total. The topological polar surface area (TPSA) is 78.7 Å². The van der Waals surface area contributed by atoms with Crippen molar-refractivity contribution in [3.63, 3.8) is 0 Å². The summed E-state index contributed by atoms with van der Waals surface area (Å²) in [7, 11) is 0. The molecule has 1 aromatic carbocycles. The molecular weight excluding hydrogens is 380 g/mol. The lowest BCUT2D eigenvalue weighted by Gasteiger charge is -2.31. The van der Waals surface area contributed by atoms with Crippen LogP contribution in [0.3, 0.4) is 0 Å². The van der Waals surface area contributed by atoms with Crippen molar-refractivity contribution in [3.8, 4) is 0 Å². The Balaban J connectivity index is 1.25. The number of carbonyl (C=O) groups is 2. The SMILES string of the molecule is C=C1CCC(N2Cc3cc(C4CCN(Cc5ncco5)CC4)ccc3C2=O)C(=O)N1. The molecule has 30 heavy (non-hydrogen) atoms. The van der Waals surface area contributed by atoms with Crippen molar-refractivity contribution in [2.45, 2.75) is 50.7 Å². The van der Waals surface area contributed by atoms with Crippen molar-refractivity contribution in [1.29, 1.82) is 0 Å². The summed E-state index contributed by atoms with van der Waals surface area (Å²) in [5.41, 5.74) is 3.80. The minimum Gasteiger partial charge on any atom is -0.448 e. The second-order valence-corrected chi connectivity index (χ2v) is 8.47. The predicted molar refractivity (Wildman–Crippen MR) is 110 cm³/mol. The number of nitrogens with one attached hydrogen (secondary N) is 1. The number of benzene rings is 1. The standard InChI is InChI=1S/C23H26N4O3/c1-15-2-5-20(22(28)25-15)27-13-18-12-17(3-4-19(18)23(27)29)16-6-9-26(10-7-16)14-21-24-8-11-30-21/h3-4,8,11-12,16,20H,1-2,5-7,9-10,13-14H2,(H,25,28). The number of aromatic nitrogens is 1. The van der Waals surface area contributed by atoms with E-state index in [4.69, 9.17) is 4.42 Å². The van der Waals surface area contributed by atoms with Gasteiger partial charge in [-0.25, -0.2) is 4.98 Å². The second-order valence-electron chi connectivity index (χ2n) is 8.47. The normalized spacial score (nSPS) is 23.0. The van der Waals surface area contributed by atoms with E-state index in [1.165, 1.54) is 5.56 Å². The minimum absolute atomic E-state index is 0.0371. The van der Waals surface area contributed by atoms with Crippen molar-refractivity contribution < 1.29 is 14.0 Å². The lowest BCUT2D eigenvalue weighted by Crippen LogP contribution is -2.49. The Morgan fingerprint density at radius 2 is 2.03 bits per heavy atom. The number of hydrogen-bond donors (Lipinski definition) is 1. The van der Waals surface area contributed by atoms with Crippen LogP contribution in [0.5, 0.6) is 0 Å². The summed E-state index contributed by atoms with van der Waals surface area (Å²) in [4.78, 5) is 33.6. The summed E-state index contributed by atoms with van der Waals surface area (Å²) in [6, 6.07) is 5.82. The van der Waals surface area contributed by atoms with Crippen LogP contribution >= 0.6 is 0 Å². The van der Waals surface area contributed by atoms with Gasteiger partial charge in [-0.05, 0) is 61.9 Å². The van der Waals surface area contributed by atoms with Crippen LogP contribution in [-0.4, -0.2) is 45.7 Å². The van der Waals surface area contributed by atoms with Crippen molar-refractivity contribution in [2.24, 2.45) is 0 Å². The third kappa shape index (κ3) is 3.54. The average molecular weight is 406 g/mol. The molecule has 3 aliphatic rings. The Labute approximate surface area is 175 Å². The predicted octanol–water partition coefficient (Wildman–Crippen LogP) is 2.80. The number of allylic oxidation sites excluding steroid dienone is 1. The Morgan fingerprint density at radius 1 is 1.20 bits per heavy atom. The number of nitrogens with zero attached hydrogens (tertiary/aromatic N) is 3. The molecule has 0 aliphatic carbocycles. The minimum atomic E-state index is -0.405. The summed E-state index contributed by atoms with van der Waals surface area (Å²) in [6.45, 7) is 7.09. The van der Waals surface area contributed by atoms with E-state index in [0.717, 1.165) is 55.2 Å². The molecule has 0 radical (unpaired) electrons. The maximum atomic E-state index is 12.9. The smallest absolute Gasteiger partial charge is 0.255 e. The molecule has 156 valence electrons. The van der Waals surface area contributed by atoms with Crippen LogP contribution < -0.4 is 5.32 Å². The number of likely N-dealkylation sites (tertiary alicyclic amines) is 1. The third-order valence-electron chi connectivity index (χ3n) is 6.56. The first-order valence-electron chi connectivity index (χ1n) is 10.6. The number of carbonyl (C=O) groups excluding carboxylic acids is 2. The van der Waals surface area contributed by atoms with Crippen molar-refractivity contribution in [3.05, 3.63) is 65.5 Å². The number of oxazole rings is 1. The van der Waals surface area contributed by atoms with E-state index in [2.05, 4.69) is 33.9 Å². The first-order chi connectivity index (χ1) is 14.6. The Morgan fingerprint density at radius 3 is 2.77 bits per heavy atom. The molecular formula is C23H26N4O3. The third-order valence-corrected chi connectivity index (χ3v) is 6.56. The summed E-state index contributed by atoms with van der Waals surface area (Å²) in [6.07, 6.45) is 6.80. The van der Waals surface area contributed by atoms with Gasteiger partial charge in [0.25, 0.3) is 5.91 Å². The molecule has 1 unspecified atom stereocenters. The molecule has 5 rings (SSSR count). The highest BCUT2D eigenvalue weighted by molar-refractivity contribution is 6.01. The van der Waals surface area contributed by atoms with Gasteiger partial charge in [0.2, 0.25) is 11.8 Å². The van der Waals surface area contributed by atoms with E-state index >= 15 is 0 Å². The lowest BCUT2D eigenvalue weighted by atomic mass is 9.88. The van der Waals surface area contributed by atoms with Crippen LogP contribution in [0.15, 0.2) is 47.4 Å². The number of rotatable bonds is 4. The first kappa shape index (κ1) is 19.1. The fourth-order valence-electron chi connectivity index (χ4n) is 4.88. The maximum absolute atomic E-state index is 12.9. The quantitative estimate of drug-likeness (QED) is 0.845. The molecule has 0 spiro atoms. The molecule has 0 bridgehead atoms. The number of piperidine rings is 2. The van der Waals surface area contributed by atoms with Crippen LogP contribution in [0.4, 0.5) is 0 Å².